The number of hydrogen-bond acceptors (Lipinski definition) is 4. The second-order valence-electron chi connectivity index (χ2n) is 8.92. The zero-order valence-electron chi connectivity index (χ0n) is 20.8. The summed E-state index contributed by atoms with van der Waals surface area (Å²) in [7, 11) is 1.70. The van der Waals surface area contributed by atoms with Crippen molar-refractivity contribution in [2.45, 2.75) is 45.8 Å². The number of ether oxygens (including phenoxy) is 1. The quantitative estimate of drug-likeness (QED) is 0.513. The number of carbonyl (C=O) groups is 1. The van der Waals surface area contributed by atoms with Gasteiger partial charge in [-0.15, -0.1) is 6.58 Å². The largest absolute Gasteiger partial charge is 0.497 e. The van der Waals surface area contributed by atoms with E-state index in [1.807, 2.05) is 49.1 Å². The molecule has 0 spiro atoms. The van der Waals surface area contributed by atoms with Crippen molar-refractivity contribution in [2.24, 2.45) is 0 Å². The summed E-state index contributed by atoms with van der Waals surface area (Å²) in [4.78, 5) is 20.0. The first-order chi connectivity index (χ1) is 15.9. The van der Waals surface area contributed by atoms with Crippen LogP contribution in [-0.2, 0) is 0 Å². The van der Waals surface area contributed by atoms with Gasteiger partial charge in [-0.05, 0) is 63.1 Å². The van der Waals surface area contributed by atoms with E-state index in [1.165, 1.54) is 5.56 Å². The van der Waals surface area contributed by atoms with Gasteiger partial charge in [0.15, 0.2) is 0 Å². The molecule has 1 fully saturated rings. The number of nitrogens with zero attached hydrogens (tertiary/aromatic N) is 3. The lowest BCUT2D eigenvalue weighted by Crippen LogP contribution is -2.57. The molecular weight excluding hydrogens is 410 g/mol. The monoisotopic (exact) mass is 449 g/mol. The number of rotatable bonds is 9. The van der Waals surface area contributed by atoms with E-state index in [-0.39, 0.29) is 11.9 Å². The Labute approximate surface area is 199 Å². The third-order valence-electron chi connectivity index (χ3n) is 6.77. The first kappa shape index (κ1) is 25.0. The van der Waals surface area contributed by atoms with Crippen LogP contribution in [0.1, 0.15) is 55.2 Å². The molecule has 1 aliphatic rings. The molecule has 3 rings (SSSR count). The highest BCUT2D eigenvalue weighted by Crippen LogP contribution is 2.35. The third kappa shape index (κ3) is 5.66. The minimum absolute atomic E-state index is 0.0351. The molecule has 1 saturated heterocycles. The minimum Gasteiger partial charge on any atom is -0.497 e. The normalized spacial score (nSPS) is 20.3. The van der Waals surface area contributed by atoms with E-state index in [4.69, 9.17) is 4.74 Å². The van der Waals surface area contributed by atoms with Gasteiger partial charge in [0.1, 0.15) is 5.75 Å². The topological polar surface area (TPSA) is 36.0 Å². The molecule has 5 heteroatoms. The number of piperazine rings is 1. The molecule has 5 nitrogen and oxygen atoms in total. The highest BCUT2D eigenvalue weighted by molar-refractivity contribution is 5.94. The predicted octanol–water partition coefficient (Wildman–Crippen LogP) is 4.85. The Balaban J connectivity index is 2.04. The lowest BCUT2D eigenvalue weighted by atomic mass is 9.92. The second kappa shape index (κ2) is 11.5. The van der Waals surface area contributed by atoms with E-state index in [1.54, 1.807) is 7.11 Å². The van der Waals surface area contributed by atoms with Gasteiger partial charge >= 0.3 is 0 Å². The first-order valence-corrected chi connectivity index (χ1v) is 12.1. The van der Waals surface area contributed by atoms with Gasteiger partial charge in [-0.1, -0.05) is 30.3 Å². The molecule has 0 unspecified atom stereocenters. The van der Waals surface area contributed by atoms with Crippen LogP contribution in [0.25, 0.3) is 0 Å². The number of methoxy groups -OCH3 is 1. The maximum atomic E-state index is 13.1. The highest BCUT2D eigenvalue weighted by atomic mass is 16.5. The Morgan fingerprint density at radius 3 is 2.39 bits per heavy atom. The maximum Gasteiger partial charge on any atom is 0.253 e. The van der Waals surface area contributed by atoms with Crippen LogP contribution >= 0.6 is 0 Å². The Hall–Kier alpha value is -2.63. The molecule has 178 valence electrons. The number of benzene rings is 2. The standard InChI is InChI=1S/C28H39N3O2/c1-7-16-30-19-22(5)31(20-21(30)4)27(24-13-11-15-26(18-24)33-6)23-12-10-14-25(17-23)28(32)29(8-2)9-3/h7,10-15,17-18,21-22,27H,1,8-9,16,19-20H2,2-6H3/t21-,22+,27-/m1/s1. The number of carbonyl (C=O) groups excluding carboxylic acids is 1. The van der Waals surface area contributed by atoms with Crippen molar-refractivity contribution >= 4 is 5.91 Å². The van der Waals surface area contributed by atoms with Gasteiger partial charge < -0.3 is 9.64 Å². The highest BCUT2D eigenvalue weighted by Gasteiger charge is 2.34. The molecule has 0 bridgehead atoms. The molecule has 2 aromatic rings. The first-order valence-electron chi connectivity index (χ1n) is 12.1. The van der Waals surface area contributed by atoms with Crippen LogP contribution in [0.3, 0.4) is 0 Å². The van der Waals surface area contributed by atoms with Crippen LogP contribution in [0.4, 0.5) is 0 Å². The fourth-order valence-corrected chi connectivity index (χ4v) is 4.93. The van der Waals surface area contributed by atoms with Crippen LogP contribution in [0.2, 0.25) is 0 Å². The Bertz CT molecular complexity index is 940. The minimum atomic E-state index is 0.0351. The van der Waals surface area contributed by atoms with Crippen molar-refractivity contribution in [3.63, 3.8) is 0 Å². The number of amides is 1. The molecule has 0 aromatic heterocycles. The molecule has 1 aliphatic heterocycles. The van der Waals surface area contributed by atoms with Crippen LogP contribution in [-0.4, -0.2) is 72.5 Å². The van der Waals surface area contributed by atoms with Crippen molar-refractivity contribution < 1.29 is 9.53 Å². The van der Waals surface area contributed by atoms with Crippen molar-refractivity contribution in [3.8, 4) is 5.75 Å². The maximum absolute atomic E-state index is 13.1. The van der Waals surface area contributed by atoms with Gasteiger partial charge in [-0.3, -0.25) is 14.6 Å². The third-order valence-corrected chi connectivity index (χ3v) is 6.77. The summed E-state index contributed by atoms with van der Waals surface area (Å²) >= 11 is 0. The molecule has 0 aliphatic carbocycles. The summed E-state index contributed by atoms with van der Waals surface area (Å²) in [6.45, 7) is 16.8. The molecule has 0 radical (unpaired) electrons. The predicted molar refractivity (Wildman–Crippen MR) is 136 cm³/mol. The van der Waals surface area contributed by atoms with Gasteiger partial charge in [-0.25, -0.2) is 0 Å². The van der Waals surface area contributed by atoms with Gasteiger partial charge in [0.2, 0.25) is 0 Å². The molecule has 0 N–H and O–H groups in total. The summed E-state index contributed by atoms with van der Waals surface area (Å²) in [6, 6.07) is 17.3. The molecule has 33 heavy (non-hydrogen) atoms. The molecular formula is C28H39N3O2. The van der Waals surface area contributed by atoms with Crippen LogP contribution < -0.4 is 4.74 Å². The lowest BCUT2D eigenvalue weighted by Gasteiger charge is -2.47. The van der Waals surface area contributed by atoms with Crippen molar-refractivity contribution in [3.05, 3.63) is 77.9 Å². The van der Waals surface area contributed by atoms with Crippen molar-refractivity contribution in [2.75, 3.05) is 39.8 Å². The van der Waals surface area contributed by atoms with Gasteiger partial charge in [0.25, 0.3) is 5.91 Å². The zero-order valence-corrected chi connectivity index (χ0v) is 20.8. The fourth-order valence-electron chi connectivity index (χ4n) is 4.93. The van der Waals surface area contributed by atoms with E-state index in [9.17, 15) is 4.79 Å². The molecule has 1 amide bonds. The molecule has 0 saturated carbocycles. The van der Waals surface area contributed by atoms with Crippen molar-refractivity contribution in [1.29, 1.82) is 0 Å². The fraction of sp³-hybridized carbons (Fsp3) is 0.464. The van der Waals surface area contributed by atoms with Crippen LogP contribution in [0.5, 0.6) is 5.75 Å². The van der Waals surface area contributed by atoms with E-state index in [0.717, 1.165) is 36.5 Å². The van der Waals surface area contributed by atoms with Crippen LogP contribution in [0.15, 0.2) is 61.2 Å². The smallest absolute Gasteiger partial charge is 0.253 e. The van der Waals surface area contributed by atoms with Gasteiger partial charge in [0.05, 0.1) is 13.2 Å². The van der Waals surface area contributed by atoms with E-state index in [2.05, 4.69) is 54.5 Å². The van der Waals surface area contributed by atoms with Gasteiger partial charge in [0, 0.05) is 50.4 Å². The Morgan fingerprint density at radius 1 is 1.09 bits per heavy atom. The molecule has 2 aromatic carbocycles. The zero-order chi connectivity index (χ0) is 24.0. The number of hydrogen-bond donors (Lipinski definition) is 0. The van der Waals surface area contributed by atoms with E-state index in [0.29, 0.717) is 25.2 Å². The summed E-state index contributed by atoms with van der Waals surface area (Å²) in [5.74, 6) is 0.933. The second-order valence-corrected chi connectivity index (χ2v) is 8.92. The lowest BCUT2D eigenvalue weighted by molar-refractivity contribution is 0.0306. The molecule has 1 heterocycles. The SMILES string of the molecule is C=CCN1C[C@H](C)N([C@@H](c2cccc(OC)c2)c2cccc(C(=O)N(CC)CC)c2)C[C@H]1C. The van der Waals surface area contributed by atoms with Crippen LogP contribution in [0, 0.1) is 0 Å². The average molecular weight is 450 g/mol. The Morgan fingerprint density at radius 2 is 1.76 bits per heavy atom. The van der Waals surface area contributed by atoms with Crippen molar-refractivity contribution in [1.82, 2.24) is 14.7 Å². The summed E-state index contributed by atoms with van der Waals surface area (Å²) < 4.78 is 5.55. The summed E-state index contributed by atoms with van der Waals surface area (Å²) in [5.41, 5.74) is 3.06. The average Bonchev–Trinajstić information content (AvgIpc) is 2.83. The molecule has 3 atom stereocenters. The summed E-state index contributed by atoms with van der Waals surface area (Å²) in [6.07, 6.45) is 1.99. The Kier molecular flexibility index (Phi) is 8.70. The summed E-state index contributed by atoms with van der Waals surface area (Å²) in [5, 5.41) is 0. The van der Waals surface area contributed by atoms with E-state index < -0.39 is 0 Å². The van der Waals surface area contributed by atoms with Gasteiger partial charge in [-0.2, -0.15) is 0 Å². The van der Waals surface area contributed by atoms with E-state index >= 15 is 0 Å².